The Labute approximate surface area is 182 Å². The van der Waals surface area contributed by atoms with Gasteiger partial charge in [-0.1, -0.05) is 17.3 Å². The predicted octanol–water partition coefficient (Wildman–Crippen LogP) is 4.88. The van der Waals surface area contributed by atoms with Gasteiger partial charge >= 0.3 is 12.1 Å². The molecule has 7 nitrogen and oxygen atoms in total. The molecule has 4 rings (SSSR count). The molecule has 2 aromatic heterocycles. The minimum Gasteiger partial charge on any atom is -0.329 e. The van der Waals surface area contributed by atoms with Crippen molar-refractivity contribution < 1.29 is 22.5 Å². The van der Waals surface area contributed by atoms with Gasteiger partial charge in [-0.2, -0.15) is 18.2 Å². The van der Waals surface area contributed by atoms with E-state index in [1.54, 1.807) is 47.4 Å². The molecule has 1 amide bonds. The number of alkyl halides is 3. The molecule has 1 N–H and O–H groups in total. The normalized spacial score (nSPS) is 11.5. The summed E-state index contributed by atoms with van der Waals surface area (Å²) in [7, 11) is 0. The van der Waals surface area contributed by atoms with Gasteiger partial charge in [-0.3, -0.25) is 4.79 Å². The molecule has 0 bridgehead atoms. The number of anilines is 1. The third-order valence-electron chi connectivity index (χ3n) is 4.22. The summed E-state index contributed by atoms with van der Waals surface area (Å²) in [4.78, 5) is 19.9. The molecule has 0 fully saturated rings. The van der Waals surface area contributed by atoms with Crippen LogP contribution in [0.5, 0.6) is 0 Å². The third-order valence-corrected chi connectivity index (χ3v) is 4.91. The number of para-hydroxylation sites is 1. The molecular weight excluding hydrogens is 479 g/mol. The van der Waals surface area contributed by atoms with Crippen LogP contribution < -0.4 is 5.32 Å². The number of benzene rings is 2. The Morgan fingerprint density at radius 3 is 2.55 bits per heavy atom. The number of hydrogen-bond acceptors (Lipinski definition) is 5. The Bertz CT molecular complexity index is 1220. The molecule has 11 heteroatoms. The predicted molar refractivity (Wildman–Crippen MR) is 108 cm³/mol. The standard InChI is InChI=1S/C20H13BrF3N5O2/c21-15-3-1-2-4-16(15)26-17(30)9-13-10-29(11-25-13)14-7-5-12(6-8-14)18-27-19(31-28-18)20(22,23)24/h1-8,10-11H,9H2,(H,26,30). The lowest BCUT2D eigenvalue weighted by Crippen LogP contribution is -2.14. The van der Waals surface area contributed by atoms with Crippen molar-refractivity contribution in [2.75, 3.05) is 5.32 Å². The highest BCUT2D eigenvalue weighted by Gasteiger charge is 2.38. The number of carbonyl (C=O) groups excluding carboxylic acids is 1. The van der Waals surface area contributed by atoms with Crippen LogP contribution in [0.2, 0.25) is 0 Å². The fourth-order valence-electron chi connectivity index (χ4n) is 2.76. The molecule has 0 saturated heterocycles. The van der Waals surface area contributed by atoms with Crippen LogP contribution in [0.15, 0.2) is 70.1 Å². The van der Waals surface area contributed by atoms with E-state index in [1.807, 2.05) is 18.2 Å². The van der Waals surface area contributed by atoms with Gasteiger partial charge in [0, 0.05) is 21.9 Å². The summed E-state index contributed by atoms with van der Waals surface area (Å²) in [5, 5.41) is 6.17. The van der Waals surface area contributed by atoms with Crippen molar-refractivity contribution in [2.45, 2.75) is 12.6 Å². The zero-order valence-corrected chi connectivity index (χ0v) is 17.2. The van der Waals surface area contributed by atoms with Gasteiger partial charge in [0.15, 0.2) is 0 Å². The average molecular weight is 492 g/mol. The molecule has 0 radical (unpaired) electrons. The van der Waals surface area contributed by atoms with Gasteiger partial charge in [-0.15, -0.1) is 0 Å². The lowest BCUT2D eigenvalue weighted by molar-refractivity contribution is -0.159. The first-order chi connectivity index (χ1) is 14.8. The van der Waals surface area contributed by atoms with E-state index in [0.717, 1.165) is 4.47 Å². The highest BCUT2D eigenvalue weighted by atomic mass is 79.9. The first-order valence-electron chi connectivity index (χ1n) is 8.88. The number of amides is 1. The van der Waals surface area contributed by atoms with Crippen LogP contribution >= 0.6 is 15.9 Å². The van der Waals surface area contributed by atoms with Crippen LogP contribution in [-0.4, -0.2) is 25.6 Å². The second-order valence-corrected chi connectivity index (χ2v) is 7.30. The Morgan fingerprint density at radius 2 is 1.87 bits per heavy atom. The smallest absolute Gasteiger partial charge is 0.329 e. The van der Waals surface area contributed by atoms with E-state index in [0.29, 0.717) is 22.6 Å². The zero-order valence-electron chi connectivity index (χ0n) is 15.6. The summed E-state index contributed by atoms with van der Waals surface area (Å²) in [6.45, 7) is 0. The largest absolute Gasteiger partial charge is 0.471 e. The first-order valence-corrected chi connectivity index (χ1v) is 9.68. The monoisotopic (exact) mass is 491 g/mol. The van der Waals surface area contributed by atoms with E-state index in [2.05, 4.69) is 40.9 Å². The van der Waals surface area contributed by atoms with Gasteiger partial charge in [0.2, 0.25) is 11.7 Å². The zero-order chi connectivity index (χ0) is 22.0. The number of rotatable bonds is 5. The van der Waals surface area contributed by atoms with Gasteiger partial charge in [0.1, 0.15) is 0 Å². The van der Waals surface area contributed by atoms with E-state index in [1.165, 1.54) is 0 Å². The van der Waals surface area contributed by atoms with Crippen LogP contribution in [-0.2, 0) is 17.4 Å². The third kappa shape index (κ3) is 4.82. The maximum Gasteiger partial charge on any atom is 0.471 e. The van der Waals surface area contributed by atoms with E-state index < -0.39 is 12.1 Å². The van der Waals surface area contributed by atoms with Crippen LogP contribution in [0.3, 0.4) is 0 Å². The van der Waals surface area contributed by atoms with E-state index in [-0.39, 0.29) is 18.2 Å². The number of hydrogen-bond donors (Lipinski definition) is 1. The van der Waals surface area contributed by atoms with Gasteiger partial charge < -0.3 is 14.4 Å². The minimum atomic E-state index is -4.69. The SMILES string of the molecule is O=C(Cc1cn(-c2ccc(-c3noc(C(F)(F)F)n3)cc2)cn1)Nc1ccccc1Br. The molecule has 0 saturated carbocycles. The Hall–Kier alpha value is -3.47. The summed E-state index contributed by atoms with van der Waals surface area (Å²) in [6, 6.07) is 13.8. The molecule has 0 spiro atoms. The number of halogens is 4. The number of nitrogens with one attached hydrogen (secondary N) is 1. The van der Waals surface area contributed by atoms with E-state index in [4.69, 9.17) is 0 Å². The second-order valence-electron chi connectivity index (χ2n) is 6.44. The number of carbonyl (C=O) groups is 1. The minimum absolute atomic E-state index is 0.0789. The van der Waals surface area contributed by atoms with Crippen LogP contribution in [0.4, 0.5) is 18.9 Å². The molecule has 31 heavy (non-hydrogen) atoms. The Morgan fingerprint density at radius 1 is 1.13 bits per heavy atom. The molecule has 0 aliphatic rings. The van der Waals surface area contributed by atoms with E-state index in [9.17, 15) is 18.0 Å². The van der Waals surface area contributed by atoms with Crippen molar-refractivity contribution in [1.82, 2.24) is 19.7 Å². The summed E-state index contributed by atoms with van der Waals surface area (Å²) in [5.74, 6) is -1.77. The van der Waals surface area contributed by atoms with Crippen LogP contribution in [0, 0.1) is 0 Å². The van der Waals surface area contributed by atoms with Crippen molar-refractivity contribution in [3.05, 3.63) is 77.1 Å². The quantitative estimate of drug-likeness (QED) is 0.429. The van der Waals surface area contributed by atoms with Crippen molar-refractivity contribution >= 4 is 27.5 Å². The van der Waals surface area contributed by atoms with Gasteiger partial charge in [0.05, 0.1) is 24.1 Å². The highest BCUT2D eigenvalue weighted by molar-refractivity contribution is 9.10. The summed E-state index contributed by atoms with van der Waals surface area (Å²) in [6.07, 6.45) is -1.37. The average Bonchev–Trinajstić information content (AvgIpc) is 3.40. The lowest BCUT2D eigenvalue weighted by atomic mass is 10.2. The summed E-state index contributed by atoms with van der Waals surface area (Å²) < 4.78 is 44.5. The van der Waals surface area contributed by atoms with Crippen molar-refractivity contribution in [3.8, 4) is 17.1 Å². The molecule has 2 heterocycles. The molecule has 158 valence electrons. The second kappa shape index (κ2) is 8.34. The molecule has 2 aromatic carbocycles. The summed E-state index contributed by atoms with van der Waals surface area (Å²) in [5.41, 5.74) is 2.30. The van der Waals surface area contributed by atoms with E-state index >= 15 is 0 Å². The molecule has 0 aliphatic carbocycles. The molecule has 0 atom stereocenters. The molecule has 0 aliphatic heterocycles. The van der Waals surface area contributed by atoms with Crippen LogP contribution in [0.25, 0.3) is 17.1 Å². The molecule has 0 unspecified atom stereocenters. The maximum absolute atomic E-state index is 12.6. The topological polar surface area (TPSA) is 85.8 Å². The number of imidazole rings is 1. The highest BCUT2D eigenvalue weighted by Crippen LogP contribution is 2.29. The van der Waals surface area contributed by atoms with Crippen molar-refractivity contribution in [2.24, 2.45) is 0 Å². The maximum atomic E-state index is 12.6. The molecular formula is C20H13BrF3N5O2. The summed E-state index contributed by atoms with van der Waals surface area (Å²) >= 11 is 3.37. The lowest BCUT2D eigenvalue weighted by Gasteiger charge is -2.06. The van der Waals surface area contributed by atoms with Crippen molar-refractivity contribution in [1.29, 1.82) is 0 Å². The molecule has 4 aromatic rings. The first kappa shape index (κ1) is 20.8. The van der Waals surface area contributed by atoms with Gasteiger partial charge in [-0.25, -0.2) is 4.98 Å². The van der Waals surface area contributed by atoms with Crippen LogP contribution in [0.1, 0.15) is 11.6 Å². The van der Waals surface area contributed by atoms with Gasteiger partial charge in [-0.05, 0) is 52.3 Å². The van der Waals surface area contributed by atoms with Crippen molar-refractivity contribution in [3.63, 3.8) is 0 Å². The number of nitrogens with zero attached hydrogens (tertiary/aromatic N) is 4. The fraction of sp³-hybridized carbons (Fsp3) is 0.100. The number of aromatic nitrogens is 4. The van der Waals surface area contributed by atoms with Gasteiger partial charge in [0.25, 0.3) is 0 Å². The Balaban J connectivity index is 1.43. The fourth-order valence-corrected chi connectivity index (χ4v) is 3.14. The Kier molecular flexibility index (Phi) is 5.59.